The van der Waals surface area contributed by atoms with Gasteiger partial charge in [-0.15, -0.1) is 0 Å². The Balaban J connectivity index is 2.30. The van der Waals surface area contributed by atoms with Gasteiger partial charge in [-0.05, 0) is 31.0 Å². The zero-order valence-corrected chi connectivity index (χ0v) is 9.24. The monoisotopic (exact) mass is 226 g/mol. The fourth-order valence-electron chi connectivity index (χ4n) is 2.30. The number of aromatic hydroxyl groups is 1. The van der Waals surface area contributed by atoms with Gasteiger partial charge >= 0.3 is 0 Å². The van der Waals surface area contributed by atoms with Gasteiger partial charge < -0.3 is 10.2 Å². The lowest BCUT2D eigenvalue weighted by Gasteiger charge is -2.28. The normalized spacial score (nSPS) is 26.5. The Labute approximate surface area is 94.5 Å². The first-order chi connectivity index (χ1) is 7.18. The SMILES string of the molecule is Oc1ccc(Cl)cc1[C@@H]1CCCC[C@H]1O. The van der Waals surface area contributed by atoms with Gasteiger partial charge in [0.25, 0.3) is 0 Å². The fourth-order valence-corrected chi connectivity index (χ4v) is 2.48. The summed E-state index contributed by atoms with van der Waals surface area (Å²) in [5.74, 6) is 0.280. The van der Waals surface area contributed by atoms with Crippen molar-refractivity contribution in [1.82, 2.24) is 0 Å². The van der Waals surface area contributed by atoms with Crippen molar-refractivity contribution < 1.29 is 10.2 Å². The summed E-state index contributed by atoms with van der Waals surface area (Å²) in [7, 11) is 0. The van der Waals surface area contributed by atoms with Crippen LogP contribution in [0.25, 0.3) is 0 Å². The van der Waals surface area contributed by atoms with Crippen LogP contribution in [0.5, 0.6) is 5.75 Å². The Bertz CT molecular complexity index is 351. The molecule has 3 heteroatoms. The predicted molar refractivity (Wildman–Crippen MR) is 60.3 cm³/mol. The third-order valence-electron chi connectivity index (χ3n) is 3.12. The maximum absolute atomic E-state index is 9.88. The van der Waals surface area contributed by atoms with Crippen LogP contribution in [0.3, 0.4) is 0 Å². The quantitative estimate of drug-likeness (QED) is 0.773. The van der Waals surface area contributed by atoms with E-state index in [1.54, 1.807) is 18.2 Å². The molecule has 1 aliphatic rings. The molecule has 0 bridgehead atoms. The molecule has 2 N–H and O–H groups in total. The van der Waals surface area contributed by atoms with Crippen molar-refractivity contribution in [3.8, 4) is 5.75 Å². The first kappa shape index (κ1) is 10.8. The molecule has 2 atom stereocenters. The number of phenolic OH excluding ortho intramolecular Hbond substituents is 1. The summed E-state index contributed by atoms with van der Waals surface area (Å²) in [6.45, 7) is 0. The van der Waals surface area contributed by atoms with Crippen LogP contribution in [0.2, 0.25) is 5.02 Å². The van der Waals surface area contributed by atoms with E-state index in [1.165, 1.54) is 0 Å². The fraction of sp³-hybridized carbons (Fsp3) is 0.500. The number of halogens is 1. The molecule has 15 heavy (non-hydrogen) atoms. The molecular weight excluding hydrogens is 212 g/mol. The minimum Gasteiger partial charge on any atom is -0.508 e. The van der Waals surface area contributed by atoms with Crippen molar-refractivity contribution in [3.05, 3.63) is 28.8 Å². The molecule has 0 amide bonds. The highest BCUT2D eigenvalue weighted by molar-refractivity contribution is 6.30. The second kappa shape index (κ2) is 4.42. The summed E-state index contributed by atoms with van der Waals surface area (Å²) in [6, 6.07) is 5.02. The maximum atomic E-state index is 9.88. The zero-order chi connectivity index (χ0) is 10.8. The summed E-state index contributed by atoms with van der Waals surface area (Å²) >= 11 is 5.89. The highest BCUT2D eigenvalue weighted by Gasteiger charge is 2.26. The minimum atomic E-state index is -0.344. The van der Waals surface area contributed by atoms with Crippen molar-refractivity contribution in [2.45, 2.75) is 37.7 Å². The number of benzene rings is 1. The Morgan fingerprint density at radius 1 is 1.20 bits per heavy atom. The van der Waals surface area contributed by atoms with E-state index in [4.69, 9.17) is 11.6 Å². The van der Waals surface area contributed by atoms with E-state index in [-0.39, 0.29) is 17.8 Å². The second-order valence-corrected chi connectivity index (χ2v) is 4.60. The smallest absolute Gasteiger partial charge is 0.119 e. The minimum absolute atomic E-state index is 0.0393. The number of aliphatic hydroxyl groups is 1. The number of phenols is 1. The van der Waals surface area contributed by atoms with Crippen LogP contribution in [0.4, 0.5) is 0 Å². The third kappa shape index (κ3) is 2.27. The molecule has 0 saturated heterocycles. The Kier molecular flexibility index (Phi) is 3.17. The summed E-state index contributed by atoms with van der Waals surface area (Å²) in [4.78, 5) is 0. The molecule has 1 fully saturated rings. The molecule has 0 heterocycles. The molecular formula is C12H15ClO2. The van der Waals surface area contributed by atoms with Crippen LogP contribution in [0, 0.1) is 0 Å². The van der Waals surface area contributed by atoms with Gasteiger partial charge in [0.05, 0.1) is 6.10 Å². The van der Waals surface area contributed by atoms with Crippen LogP contribution in [0.1, 0.15) is 37.2 Å². The van der Waals surface area contributed by atoms with Crippen molar-refractivity contribution in [2.24, 2.45) is 0 Å². The van der Waals surface area contributed by atoms with Gasteiger partial charge in [-0.25, -0.2) is 0 Å². The van der Waals surface area contributed by atoms with Crippen LogP contribution < -0.4 is 0 Å². The lowest BCUT2D eigenvalue weighted by atomic mass is 9.81. The average molecular weight is 227 g/mol. The van der Waals surface area contributed by atoms with Gasteiger partial charge in [-0.1, -0.05) is 24.4 Å². The second-order valence-electron chi connectivity index (χ2n) is 4.16. The topological polar surface area (TPSA) is 40.5 Å². The van der Waals surface area contributed by atoms with E-state index in [0.29, 0.717) is 5.02 Å². The lowest BCUT2D eigenvalue weighted by Crippen LogP contribution is -2.22. The van der Waals surface area contributed by atoms with E-state index in [0.717, 1.165) is 31.2 Å². The predicted octanol–water partition coefficient (Wildman–Crippen LogP) is 3.06. The largest absolute Gasteiger partial charge is 0.508 e. The van der Waals surface area contributed by atoms with Crippen molar-refractivity contribution in [2.75, 3.05) is 0 Å². The van der Waals surface area contributed by atoms with E-state index in [9.17, 15) is 10.2 Å². The number of hydrogen-bond acceptors (Lipinski definition) is 2. The third-order valence-corrected chi connectivity index (χ3v) is 3.35. The number of aliphatic hydroxyl groups excluding tert-OH is 1. The summed E-state index contributed by atoms with van der Waals surface area (Å²) in [6.07, 6.45) is 3.57. The van der Waals surface area contributed by atoms with Crippen LogP contribution in [0.15, 0.2) is 18.2 Å². The molecule has 0 unspecified atom stereocenters. The molecule has 0 radical (unpaired) electrons. The van der Waals surface area contributed by atoms with Gasteiger partial charge in [0.15, 0.2) is 0 Å². The van der Waals surface area contributed by atoms with Crippen LogP contribution in [-0.2, 0) is 0 Å². The van der Waals surface area contributed by atoms with E-state index >= 15 is 0 Å². The van der Waals surface area contributed by atoms with Crippen molar-refractivity contribution in [3.63, 3.8) is 0 Å². The first-order valence-electron chi connectivity index (χ1n) is 5.35. The highest BCUT2D eigenvalue weighted by atomic mass is 35.5. The molecule has 0 aliphatic heterocycles. The molecule has 2 nitrogen and oxygen atoms in total. The number of hydrogen-bond donors (Lipinski definition) is 2. The summed E-state index contributed by atoms with van der Waals surface area (Å²) in [5.41, 5.74) is 0.787. The lowest BCUT2D eigenvalue weighted by molar-refractivity contribution is 0.105. The van der Waals surface area contributed by atoms with Crippen molar-refractivity contribution >= 4 is 11.6 Å². The van der Waals surface area contributed by atoms with E-state index < -0.39 is 0 Å². The van der Waals surface area contributed by atoms with Gasteiger partial charge in [0.1, 0.15) is 5.75 Å². The molecule has 1 aromatic rings. The van der Waals surface area contributed by atoms with Gasteiger partial charge in [0, 0.05) is 16.5 Å². The van der Waals surface area contributed by atoms with E-state index in [2.05, 4.69) is 0 Å². The van der Waals surface area contributed by atoms with E-state index in [1.807, 2.05) is 0 Å². The molecule has 0 spiro atoms. The molecule has 2 rings (SSSR count). The highest BCUT2D eigenvalue weighted by Crippen LogP contribution is 2.38. The Morgan fingerprint density at radius 2 is 1.93 bits per heavy atom. The molecule has 1 saturated carbocycles. The standard InChI is InChI=1S/C12H15ClO2/c13-8-5-6-12(15)10(7-8)9-3-1-2-4-11(9)14/h5-7,9,11,14-15H,1-4H2/t9-,11+/m0/s1. The summed E-state index contributed by atoms with van der Waals surface area (Å²) in [5, 5.41) is 20.2. The van der Waals surface area contributed by atoms with Gasteiger partial charge in [0.2, 0.25) is 0 Å². The summed E-state index contributed by atoms with van der Waals surface area (Å²) < 4.78 is 0. The first-order valence-corrected chi connectivity index (χ1v) is 5.73. The Morgan fingerprint density at radius 3 is 2.67 bits per heavy atom. The zero-order valence-electron chi connectivity index (χ0n) is 8.49. The molecule has 1 aromatic carbocycles. The van der Waals surface area contributed by atoms with Gasteiger partial charge in [-0.3, -0.25) is 0 Å². The van der Waals surface area contributed by atoms with Crippen LogP contribution >= 0.6 is 11.6 Å². The molecule has 82 valence electrons. The Hall–Kier alpha value is -0.730. The van der Waals surface area contributed by atoms with Crippen LogP contribution in [-0.4, -0.2) is 16.3 Å². The van der Waals surface area contributed by atoms with Gasteiger partial charge in [-0.2, -0.15) is 0 Å². The molecule has 1 aliphatic carbocycles. The number of rotatable bonds is 1. The van der Waals surface area contributed by atoms with Crippen molar-refractivity contribution in [1.29, 1.82) is 0 Å². The molecule has 0 aromatic heterocycles. The maximum Gasteiger partial charge on any atom is 0.119 e. The average Bonchev–Trinajstić information content (AvgIpc) is 2.23.